The topological polar surface area (TPSA) is 55.4 Å². The number of hydrogen-bond acceptors (Lipinski definition) is 6. The predicted octanol–water partition coefficient (Wildman–Crippen LogP) is 1.92. The van der Waals surface area contributed by atoms with Crippen molar-refractivity contribution in [3.8, 4) is 0 Å². The lowest BCUT2D eigenvalue weighted by Crippen LogP contribution is -2.35. The van der Waals surface area contributed by atoms with Crippen molar-refractivity contribution in [3.05, 3.63) is 0 Å². The van der Waals surface area contributed by atoms with Crippen LogP contribution in [-0.2, 0) is 27.9 Å². The first-order valence-corrected chi connectivity index (χ1v) is 7.95. The Hall–Kier alpha value is -0.110. The van der Waals surface area contributed by atoms with Crippen LogP contribution in [0.4, 0.5) is 0 Å². The van der Waals surface area contributed by atoms with E-state index in [9.17, 15) is 0 Å². The Bertz CT molecular complexity index is 241. The molecule has 0 radical (unpaired) electrons. The number of rotatable bonds is 12. The summed E-state index contributed by atoms with van der Waals surface area (Å²) in [5, 5.41) is 0. The minimum Gasteiger partial charge on any atom is -0.386 e. The van der Waals surface area contributed by atoms with Crippen molar-refractivity contribution in [2.45, 2.75) is 40.0 Å². The van der Waals surface area contributed by atoms with E-state index in [0.29, 0.717) is 39.6 Å². The van der Waals surface area contributed by atoms with Crippen LogP contribution < -0.4 is 0 Å². The van der Waals surface area contributed by atoms with Crippen LogP contribution in [0.2, 0.25) is 0 Å². The van der Waals surface area contributed by atoms with Crippen molar-refractivity contribution < 1.29 is 27.9 Å². The van der Waals surface area contributed by atoms with E-state index in [-0.39, 0.29) is 5.92 Å². The molecule has 1 atom stereocenters. The van der Waals surface area contributed by atoms with Gasteiger partial charge in [0.05, 0.1) is 0 Å². The van der Waals surface area contributed by atoms with Gasteiger partial charge in [0.1, 0.15) is 0 Å². The van der Waals surface area contributed by atoms with Crippen molar-refractivity contribution in [2.24, 2.45) is 5.92 Å². The lowest BCUT2D eigenvalue weighted by molar-refractivity contribution is 0.0332. The molecule has 0 saturated carbocycles. The summed E-state index contributed by atoms with van der Waals surface area (Å²) in [7, 11) is -1.13. The van der Waals surface area contributed by atoms with Crippen molar-refractivity contribution >= 4 is 14.6 Å². The fraction of sp³-hybridized carbons (Fsp3) is 1.00. The summed E-state index contributed by atoms with van der Waals surface area (Å²) in [6, 6.07) is 0. The monoisotopic (exact) mass is 302 g/mol. The molecule has 0 amide bonds. The van der Waals surface area contributed by atoms with Gasteiger partial charge in [0.15, 0.2) is 0 Å². The predicted molar refractivity (Wildman–Crippen MR) is 81.6 cm³/mol. The maximum Gasteiger partial charge on any atom is 0.639 e. The van der Waals surface area contributed by atoms with Gasteiger partial charge in [0.25, 0.3) is 0 Å². The lowest BCUT2D eigenvalue weighted by atomic mass is 10.1. The third kappa shape index (κ3) is 9.50. The average Bonchev–Trinajstić information content (AvgIpc) is 2.52. The highest BCUT2D eigenvalue weighted by molar-refractivity contribution is 6.36. The Kier molecular flexibility index (Phi) is 11.2. The molecule has 1 aliphatic heterocycles. The van der Waals surface area contributed by atoms with E-state index < -0.39 is 14.6 Å². The van der Waals surface area contributed by atoms with Crippen LogP contribution >= 0.6 is 0 Å². The van der Waals surface area contributed by atoms with Crippen LogP contribution in [0.3, 0.4) is 0 Å². The zero-order chi connectivity index (χ0) is 15.3. The van der Waals surface area contributed by atoms with Gasteiger partial charge in [0.2, 0.25) is 0 Å². The Morgan fingerprint density at radius 2 is 1.86 bits per heavy atom. The fourth-order valence-electron chi connectivity index (χ4n) is 1.70. The van der Waals surface area contributed by atoms with E-state index in [1.54, 1.807) is 0 Å². The van der Waals surface area contributed by atoms with Crippen molar-refractivity contribution in [1.82, 2.24) is 0 Å². The van der Waals surface area contributed by atoms with Gasteiger partial charge in [-0.05, 0) is 25.7 Å². The molecule has 21 heavy (non-hydrogen) atoms. The Morgan fingerprint density at radius 1 is 1.10 bits per heavy atom. The first kappa shape index (κ1) is 18.9. The Labute approximate surface area is 129 Å². The first-order chi connectivity index (χ1) is 10.3. The molecule has 1 saturated heterocycles. The van der Waals surface area contributed by atoms with E-state index >= 15 is 0 Å². The second kappa shape index (κ2) is 12.4. The van der Waals surface area contributed by atoms with Crippen molar-refractivity contribution in [2.75, 3.05) is 39.6 Å². The zero-order valence-electron chi connectivity index (χ0n) is 13.5. The molecule has 1 fully saturated rings. The smallest absolute Gasteiger partial charge is 0.386 e. The molecule has 1 heterocycles. The van der Waals surface area contributed by atoms with Crippen LogP contribution in [0, 0.1) is 5.92 Å². The summed E-state index contributed by atoms with van der Waals surface area (Å²) in [6.07, 6.45) is 3.01. The van der Waals surface area contributed by atoms with E-state index in [1.807, 2.05) is 13.8 Å². The Morgan fingerprint density at radius 3 is 2.52 bits per heavy atom. The van der Waals surface area contributed by atoms with Crippen LogP contribution in [0.15, 0.2) is 0 Å². The summed E-state index contributed by atoms with van der Waals surface area (Å²) in [6.45, 7) is 9.68. The molecule has 8 heteroatoms. The highest BCUT2D eigenvalue weighted by atomic mass is 16.7. The van der Waals surface area contributed by atoms with E-state index in [2.05, 4.69) is 6.92 Å². The summed E-state index contributed by atoms with van der Waals surface area (Å²) in [5.74, 6) is 0.205. The molecule has 1 unspecified atom stereocenters. The molecule has 0 aromatic carbocycles. The maximum absolute atomic E-state index is 5.62. The summed E-state index contributed by atoms with van der Waals surface area (Å²) < 4.78 is 32.7. The first-order valence-electron chi connectivity index (χ1n) is 7.95. The SMILES string of the molecule is CCCCOB(OCC)OCC(C)COB1OCCCO1. The van der Waals surface area contributed by atoms with E-state index in [1.165, 1.54) is 0 Å². The van der Waals surface area contributed by atoms with E-state index in [4.69, 9.17) is 27.9 Å². The second-order valence-electron chi connectivity index (χ2n) is 5.12. The largest absolute Gasteiger partial charge is 0.639 e. The van der Waals surface area contributed by atoms with Gasteiger partial charge in [-0.15, -0.1) is 0 Å². The quantitative estimate of drug-likeness (QED) is 0.405. The molecule has 6 nitrogen and oxygen atoms in total. The summed E-state index contributed by atoms with van der Waals surface area (Å²) in [4.78, 5) is 0. The zero-order valence-corrected chi connectivity index (χ0v) is 13.5. The summed E-state index contributed by atoms with van der Waals surface area (Å²) >= 11 is 0. The van der Waals surface area contributed by atoms with Gasteiger partial charge in [-0.3, -0.25) is 0 Å². The molecule has 0 bridgehead atoms. The molecular weight excluding hydrogens is 274 g/mol. The molecule has 0 aliphatic carbocycles. The molecular formula is C13H28B2O6. The lowest BCUT2D eigenvalue weighted by Gasteiger charge is -2.21. The molecule has 122 valence electrons. The fourth-order valence-corrected chi connectivity index (χ4v) is 1.70. The average molecular weight is 302 g/mol. The molecule has 0 aromatic rings. The normalized spacial score (nSPS) is 17.0. The third-order valence-corrected chi connectivity index (χ3v) is 2.88. The Balaban J connectivity index is 2.11. The molecule has 1 rings (SSSR count). The van der Waals surface area contributed by atoms with Crippen molar-refractivity contribution in [3.63, 3.8) is 0 Å². The number of hydrogen-bond donors (Lipinski definition) is 0. The minimum atomic E-state index is -0.591. The molecule has 1 aliphatic rings. The van der Waals surface area contributed by atoms with Crippen LogP contribution in [0.5, 0.6) is 0 Å². The summed E-state index contributed by atoms with van der Waals surface area (Å²) in [5.41, 5.74) is 0. The second-order valence-corrected chi connectivity index (χ2v) is 5.12. The molecule has 0 N–H and O–H groups in total. The van der Waals surface area contributed by atoms with E-state index in [0.717, 1.165) is 19.3 Å². The van der Waals surface area contributed by atoms with Gasteiger partial charge in [0, 0.05) is 39.6 Å². The molecule has 0 aromatic heterocycles. The highest BCUT2D eigenvalue weighted by Crippen LogP contribution is 2.06. The van der Waals surface area contributed by atoms with Gasteiger partial charge in [-0.2, -0.15) is 0 Å². The standard InChI is InChI=1S/C13H28B2O6/c1-4-6-8-17-14(16-5-2)20-11-13(3)12-21-15-18-9-7-10-19-15/h13H,4-12H2,1-3H3. The van der Waals surface area contributed by atoms with Crippen LogP contribution in [0.1, 0.15) is 40.0 Å². The maximum atomic E-state index is 5.62. The van der Waals surface area contributed by atoms with Crippen molar-refractivity contribution in [1.29, 1.82) is 0 Å². The molecule has 0 spiro atoms. The van der Waals surface area contributed by atoms with Crippen LogP contribution in [0.25, 0.3) is 0 Å². The van der Waals surface area contributed by atoms with Gasteiger partial charge in [-0.25, -0.2) is 0 Å². The van der Waals surface area contributed by atoms with Gasteiger partial charge in [-0.1, -0.05) is 20.3 Å². The van der Waals surface area contributed by atoms with Gasteiger partial charge >= 0.3 is 14.6 Å². The third-order valence-electron chi connectivity index (χ3n) is 2.88. The number of unbranched alkanes of at least 4 members (excludes halogenated alkanes) is 1. The highest BCUT2D eigenvalue weighted by Gasteiger charge is 2.26. The van der Waals surface area contributed by atoms with Crippen LogP contribution in [-0.4, -0.2) is 54.3 Å². The minimum absolute atomic E-state index is 0.205. The van der Waals surface area contributed by atoms with Gasteiger partial charge < -0.3 is 27.9 Å².